The van der Waals surface area contributed by atoms with Gasteiger partial charge in [-0.05, 0) is 86.0 Å². The van der Waals surface area contributed by atoms with Gasteiger partial charge in [0.25, 0.3) is 11.8 Å². The Morgan fingerprint density at radius 1 is 0.694 bits per heavy atom. The van der Waals surface area contributed by atoms with E-state index in [2.05, 4.69) is 10.6 Å². The first kappa shape index (κ1) is 24.5. The molecule has 0 spiro atoms. The molecule has 0 atom stereocenters. The smallest absolute Gasteiger partial charge is 0.255 e. The highest BCUT2D eigenvalue weighted by atomic mass is 16.2. The normalized spacial score (nSPS) is 10.9. The molecular weight excluding hydrogens is 446 g/mol. The minimum Gasteiger partial charge on any atom is -0.398 e. The molecule has 4 aromatic rings. The van der Waals surface area contributed by atoms with E-state index in [1.165, 1.54) is 0 Å². The first-order chi connectivity index (χ1) is 17.3. The van der Waals surface area contributed by atoms with Crippen molar-refractivity contribution in [1.82, 2.24) is 0 Å². The van der Waals surface area contributed by atoms with Gasteiger partial charge < -0.3 is 16.4 Å². The first-order valence-electron chi connectivity index (χ1n) is 11.7. The van der Waals surface area contributed by atoms with Crippen LogP contribution in [0.15, 0.2) is 84.9 Å². The van der Waals surface area contributed by atoms with Crippen molar-refractivity contribution < 1.29 is 11.0 Å². The summed E-state index contributed by atoms with van der Waals surface area (Å²) in [7, 11) is 0. The van der Waals surface area contributed by atoms with Crippen LogP contribution in [-0.4, -0.2) is 11.8 Å². The molecule has 0 heterocycles. The summed E-state index contributed by atoms with van der Waals surface area (Å²) in [5.41, 5.74) is 14.3. The third kappa shape index (κ3) is 6.07. The monoisotopic (exact) mass is 477 g/mol. The fraction of sp³-hybridized carbons (Fsp3) is 0.0968. The van der Waals surface area contributed by atoms with Crippen molar-refractivity contribution in [3.63, 3.8) is 0 Å². The number of carbonyl (C=O) groups excluding carboxylic acids is 2. The molecule has 5 nitrogen and oxygen atoms in total. The number of rotatable bonds is 6. The van der Waals surface area contributed by atoms with E-state index in [0.29, 0.717) is 28.2 Å². The summed E-state index contributed by atoms with van der Waals surface area (Å²) in [6.45, 7) is 5.92. The lowest BCUT2D eigenvalue weighted by Crippen LogP contribution is -2.13. The fourth-order valence-corrected chi connectivity index (χ4v) is 3.84. The molecule has 5 heteroatoms. The third-order valence-corrected chi connectivity index (χ3v) is 5.91. The van der Waals surface area contributed by atoms with Crippen molar-refractivity contribution in [3.05, 3.63) is 124 Å². The number of nitrogens with two attached hydrogens (primary N) is 1. The van der Waals surface area contributed by atoms with Gasteiger partial charge in [-0.3, -0.25) is 9.59 Å². The zero-order chi connectivity index (χ0) is 25.7. The summed E-state index contributed by atoms with van der Waals surface area (Å²) in [5, 5.41) is 5.87. The maximum atomic E-state index is 12.7. The number of nitrogen functional groups attached to an aromatic ring is 1. The van der Waals surface area contributed by atoms with Crippen LogP contribution in [0.5, 0.6) is 0 Å². The highest BCUT2D eigenvalue weighted by molar-refractivity contribution is 6.06. The molecular formula is C31H31N3O2. The van der Waals surface area contributed by atoms with Crippen molar-refractivity contribution >= 4 is 41.0 Å². The number of hydrogen-bond acceptors (Lipinski definition) is 3. The van der Waals surface area contributed by atoms with E-state index in [4.69, 9.17) is 5.73 Å². The highest BCUT2D eigenvalue weighted by Crippen LogP contribution is 2.22. The van der Waals surface area contributed by atoms with Gasteiger partial charge in [0.2, 0.25) is 0 Å². The van der Waals surface area contributed by atoms with Gasteiger partial charge in [0, 0.05) is 29.6 Å². The Labute approximate surface area is 213 Å². The second-order valence-electron chi connectivity index (χ2n) is 8.89. The van der Waals surface area contributed by atoms with Crippen molar-refractivity contribution in [2.75, 3.05) is 16.4 Å². The van der Waals surface area contributed by atoms with Crippen molar-refractivity contribution in [1.29, 1.82) is 0 Å². The molecule has 0 radical (unpaired) electrons. The van der Waals surface area contributed by atoms with Gasteiger partial charge in [-0.1, -0.05) is 59.7 Å². The van der Waals surface area contributed by atoms with Crippen LogP contribution in [0, 0.1) is 20.8 Å². The van der Waals surface area contributed by atoms with Crippen LogP contribution < -0.4 is 16.4 Å². The Balaban J connectivity index is 0.00000380. The quantitative estimate of drug-likeness (QED) is 0.204. The van der Waals surface area contributed by atoms with Crippen LogP contribution in [0.2, 0.25) is 0 Å². The molecule has 0 fully saturated rings. The number of anilines is 3. The minimum atomic E-state index is -0.157. The summed E-state index contributed by atoms with van der Waals surface area (Å²) in [4.78, 5) is 25.2. The van der Waals surface area contributed by atoms with Gasteiger partial charge in [0.1, 0.15) is 0 Å². The Kier molecular flexibility index (Phi) is 7.31. The topological polar surface area (TPSA) is 84.2 Å². The standard InChI is InChI=1S/C31H29N3O2.H2/c1-20-4-10-24(11-5-20)30(35)33-26-13-8-23(9-14-26)7-12-25-19-27(15-17-29(25)32)34-31(36)28-16-6-21(2)18-22(28)3;/h4-19H,32H2,1-3H3,(H,33,35)(H,34,36);1H/b12-7+;. The largest absolute Gasteiger partial charge is 0.398 e. The predicted octanol–water partition coefficient (Wildman–Crippen LogP) is 7.12. The Morgan fingerprint density at radius 2 is 1.33 bits per heavy atom. The number of nitrogens with one attached hydrogen (secondary N) is 2. The molecule has 0 aliphatic rings. The molecule has 0 aliphatic heterocycles. The summed E-state index contributed by atoms with van der Waals surface area (Å²) >= 11 is 0. The average Bonchev–Trinajstić information content (AvgIpc) is 2.85. The van der Waals surface area contributed by atoms with Gasteiger partial charge in [0.15, 0.2) is 0 Å². The maximum absolute atomic E-state index is 12.7. The van der Waals surface area contributed by atoms with Crippen molar-refractivity contribution in [3.8, 4) is 0 Å². The number of amides is 2. The molecule has 0 bridgehead atoms. The fourth-order valence-electron chi connectivity index (χ4n) is 3.84. The lowest BCUT2D eigenvalue weighted by atomic mass is 10.0. The molecule has 0 saturated carbocycles. The molecule has 4 N–H and O–H groups in total. The molecule has 0 aliphatic carbocycles. The van der Waals surface area contributed by atoms with Gasteiger partial charge >= 0.3 is 0 Å². The highest BCUT2D eigenvalue weighted by Gasteiger charge is 2.10. The Morgan fingerprint density at radius 3 is 2.03 bits per heavy atom. The summed E-state index contributed by atoms with van der Waals surface area (Å²) in [6, 6.07) is 26.2. The van der Waals surface area contributed by atoms with Gasteiger partial charge in [-0.15, -0.1) is 0 Å². The summed E-state index contributed by atoms with van der Waals surface area (Å²) < 4.78 is 0. The first-order valence-corrected chi connectivity index (χ1v) is 11.7. The minimum absolute atomic E-state index is 0. The van der Waals surface area contributed by atoms with E-state index >= 15 is 0 Å². The van der Waals surface area contributed by atoms with E-state index in [9.17, 15) is 9.59 Å². The van der Waals surface area contributed by atoms with Gasteiger partial charge in [-0.2, -0.15) is 0 Å². The molecule has 2 amide bonds. The summed E-state index contributed by atoms with van der Waals surface area (Å²) in [5.74, 6) is -0.304. The van der Waals surface area contributed by atoms with E-state index < -0.39 is 0 Å². The van der Waals surface area contributed by atoms with Crippen molar-refractivity contribution in [2.24, 2.45) is 0 Å². The van der Waals surface area contributed by atoms with Crippen LogP contribution in [0.3, 0.4) is 0 Å². The third-order valence-electron chi connectivity index (χ3n) is 5.91. The molecule has 182 valence electrons. The van der Waals surface area contributed by atoms with Crippen LogP contribution >= 0.6 is 0 Å². The molecule has 0 saturated heterocycles. The zero-order valence-corrected chi connectivity index (χ0v) is 20.6. The maximum Gasteiger partial charge on any atom is 0.255 e. The molecule has 36 heavy (non-hydrogen) atoms. The Bertz CT molecular complexity index is 1440. The molecule has 4 aromatic carbocycles. The number of hydrogen-bond donors (Lipinski definition) is 3. The average molecular weight is 478 g/mol. The number of benzene rings is 4. The number of carbonyl (C=O) groups is 2. The van der Waals surface area contributed by atoms with Crippen molar-refractivity contribution in [2.45, 2.75) is 20.8 Å². The molecule has 0 aromatic heterocycles. The van der Waals surface area contributed by atoms with Gasteiger partial charge in [-0.25, -0.2) is 0 Å². The van der Waals surface area contributed by atoms with E-state index in [1.54, 1.807) is 12.1 Å². The second kappa shape index (κ2) is 10.7. The van der Waals surface area contributed by atoms with Crippen LogP contribution in [-0.2, 0) is 0 Å². The molecule has 4 rings (SSSR count). The lowest BCUT2D eigenvalue weighted by Gasteiger charge is -2.10. The lowest BCUT2D eigenvalue weighted by molar-refractivity contribution is 0.101. The van der Waals surface area contributed by atoms with E-state index in [0.717, 1.165) is 27.8 Å². The van der Waals surface area contributed by atoms with E-state index in [1.807, 2.05) is 106 Å². The predicted molar refractivity (Wildman–Crippen MR) is 151 cm³/mol. The second-order valence-corrected chi connectivity index (χ2v) is 8.89. The Hall–Kier alpha value is -4.64. The number of aryl methyl sites for hydroxylation is 3. The zero-order valence-electron chi connectivity index (χ0n) is 20.6. The van der Waals surface area contributed by atoms with Crippen LogP contribution in [0.4, 0.5) is 17.1 Å². The molecule has 0 unspecified atom stereocenters. The SMILES string of the molecule is Cc1ccc(C(=O)Nc2ccc(/C=C/c3cc(NC(=O)c4ccc(C)cc4C)ccc3N)cc2)cc1.[HH]. The van der Waals surface area contributed by atoms with E-state index in [-0.39, 0.29) is 13.2 Å². The van der Waals surface area contributed by atoms with Crippen LogP contribution in [0.25, 0.3) is 12.2 Å². The van der Waals surface area contributed by atoms with Crippen LogP contribution in [0.1, 0.15) is 50.0 Å². The summed E-state index contributed by atoms with van der Waals surface area (Å²) in [6.07, 6.45) is 3.84. The van der Waals surface area contributed by atoms with Gasteiger partial charge in [0.05, 0.1) is 0 Å².